The van der Waals surface area contributed by atoms with Crippen LogP contribution in [0.3, 0.4) is 0 Å². The van der Waals surface area contributed by atoms with Gasteiger partial charge in [-0.05, 0) is 12.0 Å². The molecule has 2 saturated heterocycles. The van der Waals surface area contributed by atoms with Gasteiger partial charge >= 0.3 is 12.1 Å². The van der Waals surface area contributed by atoms with Crippen molar-refractivity contribution in [3.8, 4) is 0 Å². The maximum absolute atomic E-state index is 12.4. The number of carbonyl (C=O) groups excluding carboxylic acids is 3. The first-order chi connectivity index (χ1) is 12.7. The Bertz CT molecular complexity index is 743. The van der Waals surface area contributed by atoms with Crippen molar-refractivity contribution in [2.24, 2.45) is 0 Å². The van der Waals surface area contributed by atoms with Crippen LogP contribution < -0.4 is 5.32 Å². The highest BCUT2D eigenvalue weighted by molar-refractivity contribution is 8.00. The molecule has 10 heteroatoms. The first-order valence-electron chi connectivity index (χ1n) is 8.25. The number of fused-ring (bicyclic) bond motifs is 1. The minimum Gasteiger partial charge on any atom is -0.454 e. The van der Waals surface area contributed by atoms with Crippen molar-refractivity contribution in [3.05, 3.63) is 35.9 Å². The molecule has 0 unspecified atom stereocenters. The highest BCUT2D eigenvalue weighted by atomic mass is 32.2. The number of hydrogen-bond acceptors (Lipinski definition) is 5. The van der Waals surface area contributed by atoms with Crippen LogP contribution >= 0.6 is 11.8 Å². The Morgan fingerprint density at radius 1 is 1.30 bits per heavy atom. The molecule has 0 radical (unpaired) electrons. The third kappa shape index (κ3) is 4.05. The highest BCUT2D eigenvalue weighted by Crippen LogP contribution is 2.54. The zero-order valence-corrected chi connectivity index (χ0v) is 14.9. The second kappa shape index (κ2) is 7.41. The Kier molecular flexibility index (Phi) is 5.36. The smallest absolute Gasteiger partial charge is 0.405 e. The lowest BCUT2D eigenvalue weighted by Crippen LogP contribution is -2.47. The molecule has 3 rings (SSSR count). The molecule has 0 aliphatic carbocycles. The number of nitrogens with zero attached hydrogens (tertiary/aromatic N) is 1. The fourth-order valence-corrected chi connectivity index (χ4v) is 4.93. The lowest BCUT2D eigenvalue weighted by Gasteiger charge is -2.33. The van der Waals surface area contributed by atoms with Crippen molar-refractivity contribution in [1.29, 1.82) is 0 Å². The Morgan fingerprint density at radius 3 is 2.67 bits per heavy atom. The minimum absolute atomic E-state index is 0.188. The van der Waals surface area contributed by atoms with Crippen molar-refractivity contribution >= 4 is 29.5 Å². The van der Waals surface area contributed by atoms with E-state index < -0.39 is 42.1 Å². The number of ether oxygens (including phenoxy) is 1. The van der Waals surface area contributed by atoms with Crippen molar-refractivity contribution in [2.45, 2.75) is 29.9 Å². The SMILES string of the molecule is O=C(COC(=O)[C@H]1CS[C@]2(c3ccccc3)CCC(=O)N12)NCC(F)(F)F. The molecule has 27 heavy (non-hydrogen) atoms. The molecule has 6 nitrogen and oxygen atoms in total. The molecule has 2 atom stereocenters. The quantitative estimate of drug-likeness (QED) is 0.761. The number of benzene rings is 1. The number of nitrogens with one attached hydrogen (secondary N) is 1. The Labute approximate surface area is 157 Å². The van der Waals surface area contributed by atoms with Crippen LogP contribution in [0.15, 0.2) is 30.3 Å². The van der Waals surface area contributed by atoms with E-state index in [1.807, 2.05) is 30.3 Å². The van der Waals surface area contributed by atoms with Gasteiger partial charge in [-0.25, -0.2) is 4.79 Å². The third-order valence-corrected chi connectivity index (χ3v) is 6.05. The number of alkyl halides is 3. The van der Waals surface area contributed by atoms with Gasteiger partial charge in [0, 0.05) is 12.2 Å². The maximum atomic E-state index is 12.4. The first-order valence-corrected chi connectivity index (χ1v) is 9.23. The van der Waals surface area contributed by atoms with Gasteiger partial charge in [-0.15, -0.1) is 11.8 Å². The summed E-state index contributed by atoms with van der Waals surface area (Å²) in [5.74, 6) is -1.73. The highest BCUT2D eigenvalue weighted by Gasteiger charge is 2.57. The van der Waals surface area contributed by atoms with Crippen molar-refractivity contribution in [2.75, 3.05) is 18.9 Å². The summed E-state index contributed by atoms with van der Waals surface area (Å²) >= 11 is 1.46. The van der Waals surface area contributed by atoms with Crippen LogP contribution in [0, 0.1) is 0 Å². The number of amides is 2. The molecule has 146 valence electrons. The lowest BCUT2D eigenvalue weighted by molar-refractivity contribution is -0.157. The van der Waals surface area contributed by atoms with Gasteiger partial charge in [-0.2, -0.15) is 13.2 Å². The predicted octanol–water partition coefficient (Wildman–Crippen LogP) is 1.80. The van der Waals surface area contributed by atoms with Crippen LogP contribution in [-0.2, 0) is 24.0 Å². The third-order valence-electron chi connectivity index (χ3n) is 4.46. The summed E-state index contributed by atoms with van der Waals surface area (Å²) in [6.07, 6.45) is -3.70. The number of halogens is 3. The van der Waals surface area contributed by atoms with Crippen LogP contribution in [-0.4, -0.2) is 53.8 Å². The molecule has 2 heterocycles. The molecule has 0 bridgehead atoms. The zero-order chi connectivity index (χ0) is 19.7. The van der Waals surface area contributed by atoms with Crippen molar-refractivity contribution in [3.63, 3.8) is 0 Å². The molecule has 2 amide bonds. The van der Waals surface area contributed by atoms with Gasteiger partial charge in [-0.3, -0.25) is 9.59 Å². The van der Waals surface area contributed by atoms with Gasteiger partial charge in [0.25, 0.3) is 5.91 Å². The average molecular weight is 402 g/mol. The number of thioether (sulfide) groups is 1. The lowest BCUT2D eigenvalue weighted by atomic mass is 10.0. The van der Waals surface area contributed by atoms with E-state index in [-0.39, 0.29) is 12.3 Å². The Morgan fingerprint density at radius 2 is 2.00 bits per heavy atom. The van der Waals surface area contributed by atoms with E-state index >= 15 is 0 Å². The van der Waals surface area contributed by atoms with Gasteiger partial charge in [0.05, 0.1) is 0 Å². The van der Waals surface area contributed by atoms with Crippen LogP contribution in [0.1, 0.15) is 18.4 Å². The van der Waals surface area contributed by atoms with Gasteiger partial charge in [0.15, 0.2) is 6.61 Å². The van der Waals surface area contributed by atoms with E-state index in [0.29, 0.717) is 12.2 Å². The van der Waals surface area contributed by atoms with Crippen LogP contribution in [0.25, 0.3) is 0 Å². The summed E-state index contributed by atoms with van der Waals surface area (Å²) in [5.41, 5.74) is 0.902. The largest absolute Gasteiger partial charge is 0.454 e. The topological polar surface area (TPSA) is 75.7 Å². The van der Waals surface area contributed by atoms with E-state index in [1.54, 1.807) is 5.32 Å². The van der Waals surface area contributed by atoms with Gasteiger partial charge < -0.3 is 15.0 Å². The predicted molar refractivity (Wildman–Crippen MR) is 90.5 cm³/mol. The summed E-state index contributed by atoms with van der Waals surface area (Å²) in [5, 5.41) is 1.63. The second-order valence-electron chi connectivity index (χ2n) is 6.24. The molecule has 2 aliphatic rings. The van der Waals surface area contributed by atoms with E-state index in [9.17, 15) is 27.6 Å². The molecule has 0 aromatic heterocycles. The molecule has 1 N–H and O–H groups in total. The Balaban J connectivity index is 1.65. The second-order valence-corrected chi connectivity index (χ2v) is 7.54. The first kappa shape index (κ1) is 19.5. The Hall–Kier alpha value is -2.23. The summed E-state index contributed by atoms with van der Waals surface area (Å²) < 4.78 is 41.1. The molecule has 1 aromatic carbocycles. The van der Waals surface area contributed by atoms with E-state index in [4.69, 9.17) is 4.74 Å². The van der Waals surface area contributed by atoms with E-state index in [2.05, 4.69) is 0 Å². The summed E-state index contributed by atoms with van der Waals surface area (Å²) in [6, 6.07) is 8.45. The minimum atomic E-state index is -4.54. The number of rotatable bonds is 5. The fraction of sp³-hybridized carbons (Fsp3) is 0.471. The van der Waals surface area contributed by atoms with E-state index in [1.165, 1.54) is 16.7 Å². The summed E-state index contributed by atoms with van der Waals surface area (Å²) in [4.78, 5) is 37.0. The van der Waals surface area contributed by atoms with Crippen molar-refractivity contribution < 1.29 is 32.3 Å². The van der Waals surface area contributed by atoms with Crippen molar-refractivity contribution in [1.82, 2.24) is 10.2 Å². The van der Waals surface area contributed by atoms with Gasteiger partial charge in [-0.1, -0.05) is 30.3 Å². The summed E-state index contributed by atoms with van der Waals surface area (Å²) in [7, 11) is 0. The molecular weight excluding hydrogens is 385 g/mol. The van der Waals surface area contributed by atoms with Crippen LogP contribution in [0.4, 0.5) is 13.2 Å². The van der Waals surface area contributed by atoms with E-state index in [0.717, 1.165) is 5.56 Å². The van der Waals surface area contributed by atoms with Crippen LogP contribution in [0.2, 0.25) is 0 Å². The molecule has 0 saturated carbocycles. The average Bonchev–Trinajstić information content (AvgIpc) is 3.17. The zero-order valence-electron chi connectivity index (χ0n) is 14.1. The van der Waals surface area contributed by atoms with Gasteiger partial charge in [0.1, 0.15) is 17.5 Å². The molecule has 0 spiro atoms. The molecular formula is C17H17F3N2O4S. The number of esters is 1. The monoisotopic (exact) mass is 402 g/mol. The normalized spacial score (nSPS) is 24.6. The molecule has 2 aliphatic heterocycles. The molecule has 1 aromatic rings. The standard InChI is InChI=1S/C17H17F3N2O4S/c18-17(19,20)10-21-13(23)8-26-15(25)12-9-27-16(7-6-14(24)22(12)16)11-4-2-1-3-5-11/h1-5,12H,6-10H2,(H,21,23)/t12-,16+/m1/s1. The van der Waals surface area contributed by atoms with Crippen LogP contribution in [0.5, 0.6) is 0 Å². The van der Waals surface area contributed by atoms with Gasteiger partial charge in [0.2, 0.25) is 5.91 Å². The maximum Gasteiger partial charge on any atom is 0.405 e. The summed E-state index contributed by atoms with van der Waals surface area (Å²) in [6.45, 7) is -2.32. The molecule has 2 fully saturated rings. The number of carbonyl (C=O) groups is 3. The number of hydrogen-bond donors (Lipinski definition) is 1. The fourth-order valence-electron chi connectivity index (χ4n) is 3.30.